The number of carbonyl (C=O) groups excluding carboxylic acids is 1. The number of amides is 1. The Morgan fingerprint density at radius 2 is 1.56 bits per heavy atom. The van der Waals surface area contributed by atoms with Gasteiger partial charge in [-0.1, -0.05) is 36.4 Å². The molecule has 4 aromatic rings. The number of hydrogen-bond acceptors (Lipinski definition) is 6. The predicted molar refractivity (Wildman–Crippen MR) is 115 cm³/mol. The summed E-state index contributed by atoms with van der Waals surface area (Å²) >= 11 is 0. The van der Waals surface area contributed by atoms with E-state index in [2.05, 4.69) is 10.2 Å². The van der Waals surface area contributed by atoms with Crippen LogP contribution in [0, 0.1) is 0 Å². The largest absolute Gasteiger partial charge is 0.459 e. The van der Waals surface area contributed by atoms with Crippen molar-refractivity contribution in [3.8, 4) is 23.1 Å². The topological polar surface area (TPSA) is 81.6 Å². The third kappa shape index (κ3) is 3.17. The van der Waals surface area contributed by atoms with Gasteiger partial charge in [0.25, 0.3) is 5.89 Å². The summed E-state index contributed by atoms with van der Waals surface area (Å²) in [7, 11) is 0. The van der Waals surface area contributed by atoms with Crippen molar-refractivity contribution in [1.29, 1.82) is 0 Å². The van der Waals surface area contributed by atoms with E-state index in [-0.39, 0.29) is 17.7 Å². The molecule has 0 aliphatic carbocycles. The molecule has 160 valence electrons. The van der Waals surface area contributed by atoms with E-state index < -0.39 is 0 Å². The molecule has 1 amide bonds. The van der Waals surface area contributed by atoms with Crippen LogP contribution in [-0.4, -0.2) is 34.1 Å². The van der Waals surface area contributed by atoms with Crippen molar-refractivity contribution < 1.29 is 18.4 Å². The summed E-state index contributed by atoms with van der Waals surface area (Å²) in [5, 5.41) is 8.33. The van der Waals surface area contributed by atoms with Crippen molar-refractivity contribution in [2.24, 2.45) is 0 Å². The van der Waals surface area contributed by atoms with Gasteiger partial charge < -0.3 is 18.5 Å². The molecule has 7 nitrogen and oxygen atoms in total. The number of para-hydroxylation sites is 2. The van der Waals surface area contributed by atoms with Gasteiger partial charge in [-0.2, -0.15) is 0 Å². The molecular weight excluding hydrogens is 406 g/mol. The lowest BCUT2D eigenvalue weighted by molar-refractivity contribution is -0.133. The van der Waals surface area contributed by atoms with Gasteiger partial charge in [0.15, 0.2) is 5.76 Å². The summed E-state index contributed by atoms with van der Waals surface area (Å²) in [5.41, 5.74) is 1.83. The van der Waals surface area contributed by atoms with Crippen molar-refractivity contribution in [3.05, 3.63) is 83.9 Å². The molecule has 2 aromatic carbocycles. The number of carbonyl (C=O) groups is 1. The lowest BCUT2D eigenvalue weighted by Gasteiger charge is -2.35. The molecule has 0 atom stereocenters. The number of piperidine rings is 1. The summed E-state index contributed by atoms with van der Waals surface area (Å²) < 4.78 is 17.2. The summed E-state index contributed by atoms with van der Waals surface area (Å²) in [4.78, 5) is 15.6. The number of aromatic nitrogens is 2. The van der Waals surface area contributed by atoms with Crippen LogP contribution in [0.5, 0.6) is 11.5 Å². The zero-order valence-electron chi connectivity index (χ0n) is 17.3. The molecule has 1 saturated heterocycles. The van der Waals surface area contributed by atoms with Crippen molar-refractivity contribution in [2.75, 3.05) is 13.1 Å². The number of ether oxygens (including phenoxy) is 1. The van der Waals surface area contributed by atoms with Gasteiger partial charge in [-0.15, -0.1) is 10.2 Å². The monoisotopic (exact) mass is 427 g/mol. The Labute approximate surface area is 184 Å². The number of nitrogens with zero attached hydrogens (tertiary/aromatic N) is 3. The molecule has 2 aliphatic heterocycles. The van der Waals surface area contributed by atoms with E-state index >= 15 is 0 Å². The molecule has 0 spiro atoms. The fraction of sp³-hybridized carbons (Fsp3) is 0.240. The first-order valence-electron chi connectivity index (χ1n) is 10.8. The minimum absolute atomic E-state index is 0.105. The number of furan rings is 1. The molecule has 0 unspecified atom stereocenters. The minimum Gasteiger partial charge on any atom is -0.459 e. The van der Waals surface area contributed by atoms with E-state index in [9.17, 15) is 4.79 Å². The van der Waals surface area contributed by atoms with Crippen molar-refractivity contribution in [1.82, 2.24) is 15.1 Å². The smallest absolute Gasteiger partial charge is 0.283 e. The highest BCUT2D eigenvalue weighted by Crippen LogP contribution is 2.45. The highest BCUT2D eigenvalue weighted by molar-refractivity contribution is 5.89. The Balaban J connectivity index is 1.21. The lowest BCUT2D eigenvalue weighted by Crippen LogP contribution is -2.41. The summed E-state index contributed by atoms with van der Waals surface area (Å²) in [6, 6.07) is 19.2. The molecule has 0 radical (unpaired) electrons. The molecule has 0 bridgehead atoms. The first kappa shape index (κ1) is 18.9. The predicted octanol–water partition coefficient (Wildman–Crippen LogP) is 4.97. The minimum atomic E-state index is -0.360. The number of hydrogen-bond donors (Lipinski definition) is 0. The Kier molecular flexibility index (Phi) is 4.52. The Hall–Kier alpha value is -3.87. The zero-order valence-corrected chi connectivity index (χ0v) is 17.3. The second kappa shape index (κ2) is 7.67. The summed E-state index contributed by atoms with van der Waals surface area (Å²) in [5.74, 6) is 2.92. The summed E-state index contributed by atoms with van der Waals surface area (Å²) in [6.07, 6.45) is 3.13. The van der Waals surface area contributed by atoms with E-state index in [0.29, 0.717) is 30.6 Å². The van der Waals surface area contributed by atoms with Crippen LogP contribution in [0.2, 0.25) is 0 Å². The molecule has 2 aromatic heterocycles. The maximum Gasteiger partial charge on any atom is 0.283 e. The highest BCUT2D eigenvalue weighted by atomic mass is 16.5. The van der Waals surface area contributed by atoms with Crippen molar-refractivity contribution >= 4 is 5.91 Å². The van der Waals surface area contributed by atoms with Gasteiger partial charge in [-0.25, -0.2) is 0 Å². The van der Waals surface area contributed by atoms with Gasteiger partial charge in [-0.05, 0) is 37.1 Å². The van der Waals surface area contributed by atoms with Gasteiger partial charge in [-0.3, -0.25) is 4.79 Å². The average molecular weight is 427 g/mol. The van der Waals surface area contributed by atoms with E-state index in [0.717, 1.165) is 35.5 Å². The Morgan fingerprint density at radius 3 is 2.22 bits per heavy atom. The number of rotatable bonds is 3. The molecule has 0 N–H and O–H groups in total. The molecule has 0 saturated carbocycles. The van der Waals surface area contributed by atoms with Gasteiger partial charge >= 0.3 is 0 Å². The van der Waals surface area contributed by atoms with Crippen LogP contribution in [0.4, 0.5) is 0 Å². The Bertz CT molecular complexity index is 1210. The van der Waals surface area contributed by atoms with Crippen LogP contribution in [-0.2, 0) is 4.79 Å². The van der Waals surface area contributed by atoms with E-state index in [4.69, 9.17) is 13.6 Å². The third-order valence-corrected chi connectivity index (χ3v) is 6.26. The summed E-state index contributed by atoms with van der Waals surface area (Å²) in [6.45, 7) is 1.29. The SMILES string of the molecule is O=C(C1c2ccccc2Oc2ccccc21)N1CCC(c2nnc(-c3ccco3)o2)CC1. The second-order valence-corrected chi connectivity index (χ2v) is 8.13. The standard InChI is InChI=1S/C25H21N3O4/c29-25(22-17-6-1-3-8-19(17)31-20-9-4-2-7-18(20)22)28-13-11-16(12-14-28)23-26-27-24(32-23)21-10-5-15-30-21/h1-10,15-16,22H,11-14H2. The van der Waals surface area contributed by atoms with Crippen LogP contribution >= 0.6 is 0 Å². The second-order valence-electron chi connectivity index (χ2n) is 8.13. The third-order valence-electron chi connectivity index (χ3n) is 6.26. The van der Waals surface area contributed by atoms with Crippen molar-refractivity contribution in [2.45, 2.75) is 24.7 Å². The van der Waals surface area contributed by atoms with Crippen LogP contribution in [0.15, 0.2) is 75.8 Å². The fourth-order valence-electron chi connectivity index (χ4n) is 4.60. The van der Waals surface area contributed by atoms with E-state index in [1.165, 1.54) is 0 Å². The Morgan fingerprint density at radius 1 is 0.875 bits per heavy atom. The van der Waals surface area contributed by atoms with Crippen molar-refractivity contribution in [3.63, 3.8) is 0 Å². The van der Waals surface area contributed by atoms with Crippen LogP contribution in [0.25, 0.3) is 11.7 Å². The number of fused-ring (bicyclic) bond motifs is 2. The maximum absolute atomic E-state index is 13.7. The highest BCUT2D eigenvalue weighted by Gasteiger charge is 2.37. The molecule has 6 rings (SSSR count). The lowest BCUT2D eigenvalue weighted by atomic mass is 9.86. The van der Waals surface area contributed by atoms with E-state index in [1.54, 1.807) is 18.4 Å². The molecule has 1 fully saturated rings. The van der Waals surface area contributed by atoms with Gasteiger partial charge in [0.05, 0.1) is 12.2 Å². The first-order valence-corrected chi connectivity index (χ1v) is 10.8. The molecule has 7 heteroatoms. The first-order chi connectivity index (χ1) is 15.8. The molecule has 4 heterocycles. The molecule has 32 heavy (non-hydrogen) atoms. The quantitative estimate of drug-likeness (QED) is 0.459. The number of likely N-dealkylation sites (tertiary alicyclic amines) is 1. The van der Waals surface area contributed by atoms with Gasteiger partial charge in [0.1, 0.15) is 11.5 Å². The number of benzene rings is 2. The van der Waals surface area contributed by atoms with E-state index in [1.807, 2.05) is 53.4 Å². The maximum atomic E-state index is 13.7. The normalized spacial score (nSPS) is 16.3. The van der Waals surface area contributed by atoms with Crippen LogP contribution in [0.1, 0.15) is 41.7 Å². The molecular formula is C25H21N3O4. The van der Waals surface area contributed by atoms with Crippen LogP contribution in [0.3, 0.4) is 0 Å². The zero-order chi connectivity index (χ0) is 21.5. The van der Waals surface area contributed by atoms with Gasteiger partial charge in [0, 0.05) is 30.1 Å². The average Bonchev–Trinajstić information content (AvgIpc) is 3.54. The van der Waals surface area contributed by atoms with Crippen LogP contribution < -0.4 is 4.74 Å². The fourth-order valence-corrected chi connectivity index (χ4v) is 4.60. The molecule has 2 aliphatic rings. The van der Waals surface area contributed by atoms with Gasteiger partial charge in [0.2, 0.25) is 11.8 Å².